The first kappa shape index (κ1) is 18.8. The SMILES string of the molecule is CC(NC(=O)C1CCN(S(=O)(=O)c2ccccc2)CC1)C(=O)NC1CC1. The summed E-state index contributed by atoms with van der Waals surface area (Å²) in [5.74, 6) is -0.612. The molecule has 1 aromatic carbocycles. The van der Waals surface area contributed by atoms with Gasteiger partial charge in [-0.25, -0.2) is 8.42 Å². The van der Waals surface area contributed by atoms with Gasteiger partial charge in [0.25, 0.3) is 0 Å². The van der Waals surface area contributed by atoms with Gasteiger partial charge in [-0.15, -0.1) is 0 Å². The van der Waals surface area contributed by atoms with E-state index in [0.29, 0.717) is 25.9 Å². The minimum absolute atomic E-state index is 0.162. The molecule has 3 rings (SSSR count). The molecule has 26 heavy (non-hydrogen) atoms. The van der Waals surface area contributed by atoms with Gasteiger partial charge in [0.2, 0.25) is 21.8 Å². The Balaban J connectivity index is 1.51. The highest BCUT2D eigenvalue weighted by Gasteiger charge is 2.33. The van der Waals surface area contributed by atoms with Crippen LogP contribution in [0, 0.1) is 5.92 Å². The van der Waals surface area contributed by atoms with Crippen molar-refractivity contribution in [2.45, 2.75) is 49.6 Å². The molecule has 142 valence electrons. The second kappa shape index (κ2) is 7.75. The van der Waals surface area contributed by atoms with Gasteiger partial charge in [-0.1, -0.05) is 18.2 Å². The molecule has 0 radical (unpaired) electrons. The van der Waals surface area contributed by atoms with Crippen LogP contribution in [0.4, 0.5) is 0 Å². The first-order valence-electron chi connectivity index (χ1n) is 9.04. The third kappa shape index (κ3) is 4.42. The van der Waals surface area contributed by atoms with Crippen LogP contribution in [0.3, 0.4) is 0 Å². The number of hydrogen-bond acceptors (Lipinski definition) is 4. The fourth-order valence-electron chi connectivity index (χ4n) is 3.05. The molecule has 2 aliphatic rings. The summed E-state index contributed by atoms with van der Waals surface area (Å²) in [6.07, 6.45) is 2.91. The molecule has 1 aliphatic heterocycles. The van der Waals surface area contributed by atoms with Crippen LogP contribution in [0.2, 0.25) is 0 Å². The van der Waals surface area contributed by atoms with E-state index < -0.39 is 16.1 Å². The van der Waals surface area contributed by atoms with Crippen molar-refractivity contribution in [3.63, 3.8) is 0 Å². The Kier molecular flexibility index (Phi) is 5.62. The molecule has 1 aromatic rings. The normalized spacial score (nSPS) is 20.3. The van der Waals surface area contributed by atoms with Gasteiger partial charge in [0.05, 0.1) is 4.90 Å². The molecule has 1 saturated carbocycles. The maximum atomic E-state index is 12.6. The van der Waals surface area contributed by atoms with Crippen molar-refractivity contribution >= 4 is 21.8 Å². The van der Waals surface area contributed by atoms with E-state index >= 15 is 0 Å². The summed E-state index contributed by atoms with van der Waals surface area (Å²) in [5, 5.41) is 5.61. The molecule has 1 aliphatic carbocycles. The Bertz CT molecular complexity index is 754. The Labute approximate surface area is 154 Å². The number of rotatable bonds is 6. The van der Waals surface area contributed by atoms with E-state index in [-0.39, 0.29) is 28.7 Å². The molecule has 0 bridgehead atoms. The molecule has 1 saturated heterocycles. The van der Waals surface area contributed by atoms with E-state index in [4.69, 9.17) is 0 Å². The number of sulfonamides is 1. The summed E-state index contributed by atoms with van der Waals surface area (Å²) in [6.45, 7) is 2.28. The number of nitrogens with zero attached hydrogens (tertiary/aromatic N) is 1. The second-order valence-corrected chi connectivity index (χ2v) is 8.94. The van der Waals surface area contributed by atoms with Crippen molar-refractivity contribution in [3.05, 3.63) is 30.3 Å². The number of piperidine rings is 1. The predicted octanol–water partition coefficient (Wildman–Crippen LogP) is 0.871. The predicted molar refractivity (Wildman–Crippen MR) is 96.7 cm³/mol. The summed E-state index contributed by atoms with van der Waals surface area (Å²) < 4.78 is 26.6. The maximum absolute atomic E-state index is 12.6. The quantitative estimate of drug-likeness (QED) is 0.767. The average molecular weight is 379 g/mol. The zero-order valence-electron chi connectivity index (χ0n) is 14.8. The number of carbonyl (C=O) groups is 2. The molecule has 2 fully saturated rings. The third-order valence-corrected chi connectivity index (χ3v) is 6.79. The topological polar surface area (TPSA) is 95.6 Å². The summed E-state index contributed by atoms with van der Waals surface area (Å²) >= 11 is 0. The van der Waals surface area contributed by atoms with Crippen molar-refractivity contribution in [2.24, 2.45) is 5.92 Å². The van der Waals surface area contributed by atoms with Crippen LogP contribution in [-0.2, 0) is 19.6 Å². The smallest absolute Gasteiger partial charge is 0.243 e. The lowest BCUT2D eigenvalue weighted by atomic mass is 9.97. The van der Waals surface area contributed by atoms with Crippen molar-refractivity contribution in [1.29, 1.82) is 0 Å². The number of hydrogen-bond donors (Lipinski definition) is 2. The molecule has 1 heterocycles. The van der Waals surface area contributed by atoms with Crippen LogP contribution in [0.1, 0.15) is 32.6 Å². The number of nitrogens with one attached hydrogen (secondary N) is 2. The summed E-state index contributed by atoms with van der Waals surface area (Å²) in [6, 6.07) is 8.00. The first-order valence-corrected chi connectivity index (χ1v) is 10.5. The largest absolute Gasteiger partial charge is 0.352 e. The Morgan fingerprint density at radius 1 is 1.08 bits per heavy atom. The van der Waals surface area contributed by atoms with Gasteiger partial charge < -0.3 is 10.6 Å². The zero-order valence-corrected chi connectivity index (χ0v) is 15.7. The molecule has 2 amide bonds. The lowest BCUT2D eigenvalue weighted by Crippen LogP contribution is -2.49. The van der Waals surface area contributed by atoms with E-state index in [2.05, 4.69) is 10.6 Å². The van der Waals surface area contributed by atoms with Gasteiger partial charge in [-0.2, -0.15) is 4.31 Å². The highest BCUT2D eigenvalue weighted by atomic mass is 32.2. The van der Waals surface area contributed by atoms with Crippen molar-refractivity contribution in [3.8, 4) is 0 Å². The highest BCUT2D eigenvalue weighted by molar-refractivity contribution is 7.89. The van der Waals surface area contributed by atoms with Crippen molar-refractivity contribution in [2.75, 3.05) is 13.1 Å². The lowest BCUT2D eigenvalue weighted by molar-refractivity contribution is -0.131. The summed E-state index contributed by atoms with van der Waals surface area (Å²) in [7, 11) is -3.52. The summed E-state index contributed by atoms with van der Waals surface area (Å²) in [4.78, 5) is 24.6. The van der Waals surface area contributed by atoms with Crippen LogP contribution < -0.4 is 10.6 Å². The summed E-state index contributed by atoms with van der Waals surface area (Å²) in [5.41, 5.74) is 0. The van der Waals surface area contributed by atoms with Gasteiger partial charge >= 0.3 is 0 Å². The Morgan fingerprint density at radius 2 is 1.69 bits per heavy atom. The number of carbonyl (C=O) groups excluding carboxylic acids is 2. The molecule has 0 aromatic heterocycles. The molecular formula is C18H25N3O4S. The van der Waals surface area contributed by atoms with Crippen LogP contribution in [0.25, 0.3) is 0 Å². The fourth-order valence-corrected chi connectivity index (χ4v) is 4.54. The van der Waals surface area contributed by atoms with Crippen LogP contribution in [-0.4, -0.2) is 49.7 Å². The van der Waals surface area contributed by atoms with Gasteiger partial charge in [-0.05, 0) is 44.7 Å². The first-order chi connectivity index (χ1) is 12.4. The maximum Gasteiger partial charge on any atom is 0.243 e. The molecule has 0 spiro atoms. The van der Waals surface area contributed by atoms with Crippen LogP contribution in [0.5, 0.6) is 0 Å². The van der Waals surface area contributed by atoms with E-state index in [1.54, 1.807) is 37.3 Å². The number of amides is 2. The van der Waals surface area contributed by atoms with Gasteiger partial charge in [0.1, 0.15) is 6.04 Å². The van der Waals surface area contributed by atoms with Gasteiger partial charge in [-0.3, -0.25) is 9.59 Å². The molecule has 7 nitrogen and oxygen atoms in total. The van der Waals surface area contributed by atoms with Crippen LogP contribution in [0.15, 0.2) is 35.2 Å². The van der Waals surface area contributed by atoms with E-state index in [1.165, 1.54) is 4.31 Å². The van der Waals surface area contributed by atoms with E-state index in [9.17, 15) is 18.0 Å². The Hall–Kier alpha value is -1.93. The average Bonchev–Trinajstić information content (AvgIpc) is 3.46. The highest BCUT2D eigenvalue weighted by Crippen LogP contribution is 2.24. The molecule has 1 unspecified atom stereocenters. The molecular weight excluding hydrogens is 354 g/mol. The van der Waals surface area contributed by atoms with Gasteiger partial charge in [0, 0.05) is 25.0 Å². The number of benzene rings is 1. The fraction of sp³-hybridized carbons (Fsp3) is 0.556. The standard InChI is InChI=1S/C18H25N3O4S/c1-13(17(22)20-15-7-8-15)19-18(23)14-9-11-21(12-10-14)26(24,25)16-5-3-2-4-6-16/h2-6,13-15H,7-12H2,1H3,(H,19,23)(H,20,22). The third-order valence-electron chi connectivity index (χ3n) is 4.88. The van der Waals surface area contributed by atoms with E-state index in [0.717, 1.165) is 12.8 Å². The van der Waals surface area contributed by atoms with Crippen molar-refractivity contribution < 1.29 is 18.0 Å². The molecule has 8 heteroatoms. The minimum atomic E-state index is -3.52. The Morgan fingerprint density at radius 3 is 2.27 bits per heavy atom. The molecule has 1 atom stereocenters. The minimum Gasteiger partial charge on any atom is -0.352 e. The lowest BCUT2D eigenvalue weighted by Gasteiger charge is -2.31. The van der Waals surface area contributed by atoms with E-state index in [1.807, 2.05) is 0 Å². The van der Waals surface area contributed by atoms with Crippen molar-refractivity contribution in [1.82, 2.24) is 14.9 Å². The second-order valence-electron chi connectivity index (χ2n) is 7.00. The molecule has 2 N–H and O–H groups in total. The zero-order chi connectivity index (χ0) is 18.7. The van der Waals surface area contributed by atoms with Gasteiger partial charge in [0.15, 0.2) is 0 Å². The monoisotopic (exact) mass is 379 g/mol. The van der Waals surface area contributed by atoms with Crippen LogP contribution >= 0.6 is 0 Å².